The molecule has 3 atom stereocenters. The maximum Gasteiger partial charge on any atom is 0.249 e. The molecule has 0 aliphatic rings. The van der Waals surface area contributed by atoms with E-state index in [2.05, 4.69) is 67.8 Å². The predicted octanol–water partition coefficient (Wildman–Crippen LogP) is 17.4. The Kier molecular flexibility index (Phi) is 52.0. The van der Waals surface area contributed by atoms with Crippen LogP contribution in [0.5, 0.6) is 0 Å². The van der Waals surface area contributed by atoms with E-state index >= 15 is 0 Å². The molecular formula is C59H109NO4. The highest BCUT2D eigenvalue weighted by Gasteiger charge is 2.22. The summed E-state index contributed by atoms with van der Waals surface area (Å²) in [5.41, 5.74) is 0. The van der Waals surface area contributed by atoms with E-state index in [0.29, 0.717) is 6.42 Å². The summed E-state index contributed by atoms with van der Waals surface area (Å²) >= 11 is 0. The lowest BCUT2D eigenvalue weighted by atomic mass is 10.0. The molecule has 0 radical (unpaired) electrons. The van der Waals surface area contributed by atoms with Crippen LogP contribution >= 0.6 is 0 Å². The molecule has 0 spiro atoms. The number of aliphatic hydroxyl groups is 3. The minimum Gasteiger partial charge on any atom is -0.394 e. The summed E-state index contributed by atoms with van der Waals surface area (Å²) < 4.78 is 0. The molecule has 64 heavy (non-hydrogen) atoms. The second kappa shape index (κ2) is 53.7. The number of allylic oxidation sites excluding steroid dienone is 9. The van der Waals surface area contributed by atoms with Gasteiger partial charge in [0.1, 0.15) is 6.10 Å². The van der Waals surface area contributed by atoms with Gasteiger partial charge in [0.05, 0.1) is 18.8 Å². The van der Waals surface area contributed by atoms with Crippen LogP contribution in [0.1, 0.15) is 284 Å². The molecule has 0 fully saturated rings. The molecule has 0 heterocycles. The molecule has 0 aromatic carbocycles. The summed E-state index contributed by atoms with van der Waals surface area (Å²) in [6.07, 6.45) is 73.0. The Hall–Kier alpha value is -1.95. The number of hydrogen-bond acceptors (Lipinski definition) is 4. The van der Waals surface area contributed by atoms with Crippen LogP contribution in [0.4, 0.5) is 0 Å². The molecule has 0 aromatic rings. The smallest absolute Gasteiger partial charge is 0.249 e. The molecule has 0 rings (SSSR count). The van der Waals surface area contributed by atoms with Crippen LogP contribution in [0.15, 0.2) is 60.8 Å². The topological polar surface area (TPSA) is 89.8 Å². The van der Waals surface area contributed by atoms with Crippen LogP contribution in [0.2, 0.25) is 0 Å². The van der Waals surface area contributed by atoms with Crippen molar-refractivity contribution in [2.24, 2.45) is 0 Å². The number of carbonyl (C=O) groups excluding carboxylic acids is 1. The molecule has 3 unspecified atom stereocenters. The third-order valence-corrected chi connectivity index (χ3v) is 12.8. The fourth-order valence-electron chi connectivity index (χ4n) is 8.43. The van der Waals surface area contributed by atoms with E-state index in [1.165, 1.54) is 212 Å². The number of nitrogens with one attached hydrogen (secondary N) is 1. The third kappa shape index (κ3) is 48.0. The molecule has 374 valence electrons. The molecule has 5 heteroatoms. The summed E-state index contributed by atoms with van der Waals surface area (Å²) in [7, 11) is 0. The van der Waals surface area contributed by atoms with Crippen molar-refractivity contribution in [1.29, 1.82) is 0 Å². The first-order valence-corrected chi connectivity index (χ1v) is 28.1. The fourth-order valence-corrected chi connectivity index (χ4v) is 8.43. The molecule has 5 nitrogen and oxygen atoms in total. The quantitative estimate of drug-likeness (QED) is 0.0362. The minimum absolute atomic E-state index is 0.383. The lowest BCUT2D eigenvalue weighted by molar-refractivity contribution is -0.131. The average Bonchev–Trinajstić information content (AvgIpc) is 3.30. The van der Waals surface area contributed by atoms with E-state index < -0.39 is 24.2 Å². The van der Waals surface area contributed by atoms with Gasteiger partial charge in [0.25, 0.3) is 0 Å². The number of aliphatic hydroxyl groups excluding tert-OH is 3. The van der Waals surface area contributed by atoms with Crippen LogP contribution in [-0.2, 0) is 4.79 Å². The highest BCUT2D eigenvalue weighted by molar-refractivity contribution is 5.80. The van der Waals surface area contributed by atoms with Crippen molar-refractivity contribution in [3.63, 3.8) is 0 Å². The maximum absolute atomic E-state index is 12.5. The Morgan fingerprint density at radius 1 is 0.391 bits per heavy atom. The van der Waals surface area contributed by atoms with Crippen LogP contribution in [-0.4, -0.2) is 46.1 Å². The summed E-state index contributed by atoms with van der Waals surface area (Å²) in [6.45, 7) is 4.19. The van der Waals surface area contributed by atoms with Gasteiger partial charge in [-0.2, -0.15) is 0 Å². The van der Waals surface area contributed by atoms with Crippen LogP contribution in [0.3, 0.4) is 0 Å². The van der Waals surface area contributed by atoms with E-state index in [-0.39, 0.29) is 6.61 Å². The van der Waals surface area contributed by atoms with Crippen molar-refractivity contribution in [3.05, 3.63) is 60.8 Å². The Morgan fingerprint density at radius 2 is 0.688 bits per heavy atom. The van der Waals surface area contributed by atoms with E-state index in [1.54, 1.807) is 6.08 Å². The zero-order valence-electron chi connectivity index (χ0n) is 42.7. The van der Waals surface area contributed by atoms with Gasteiger partial charge in [-0.15, -0.1) is 0 Å². The van der Waals surface area contributed by atoms with Gasteiger partial charge < -0.3 is 20.6 Å². The van der Waals surface area contributed by atoms with Crippen molar-refractivity contribution in [2.45, 2.75) is 302 Å². The normalized spacial score (nSPS) is 13.8. The van der Waals surface area contributed by atoms with Crippen molar-refractivity contribution in [3.8, 4) is 0 Å². The largest absolute Gasteiger partial charge is 0.394 e. The first-order chi connectivity index (χ1) is 31.6. The molecule has 0 saturated heterocycles. The first kappa shape index (κ1) is 62.1. The first-order valence-electron chi connectivity index (χ1n) is 28.1. The van der Waals surface area contributed by atoms with Crippen molar-refractivity contribution >= 4 is 5.91 Å². The molecule has 1 amide bonds. The number of carbonyl (C=O) groups is 1. The summed E-state index contributed by atoms with van der Waals surface area (Å²) in [6, 6.07) is -0.825. The van der Waals surface area contributed by atoms with Gasteiger partial charge in [0, 0.05) is 0 Å². The molecule has 0 bridgehead atoms. The summed E-state index contributed by atoms with van der Waals surface area (Å²) in [5, 5.41) is 33.3. The maximum atomic E-state index is 12.5. The van der Waals surface area contributed by atoms with Gasteiger partial charge in [-0.05, 0) is 77.0 Å². The Morgan fingerprint density at radius 3 is 1.05 bits per heavy atom. The van der Waals surface area contributed by atoms with E-state index in [4.69, 9.17) is 0 Å². The highest BCUT2D eigenvalue weighted by Crippen LogP contribution is 2.16. The number of unbranched alkanes of at least 4 members (excludes halogenated alkanes) is 35. The van der Waals surface area contributed by atoms with Gasteiger partial charge >= 0.3 is 0 Å². The van der Waals surface area contributed by atoms with Crippen molar-refractivity contribution < 1.29 is 20.1 Å². The third-order valence-electron chi connectivity index (χ3n) is 12.8. The molecule has 0 aliphatic heterocycles. The molecule has 0 aliphatic carbocycles. The van der Waals surface area contributed by atoms with Gasteiger partial charge in [-0.25, -0.2) is 0 Å². The highest BCUT2D eigenvalue weighted by atomic mass is 16.3. The van der Waals surface area contributed by atoms with Crippen molar-refractivity contribution in [2.75, 3.05) is 6.61 Å². The van der Waals surface area contributed by atoms with Crippen LogP contribution in [0.25, 0.3) is 0 Å². The van der Waals surface area contributed by atoms with Gasteiger partial charge in [-0.1, -0.05) is 267 Å². The average molecular weight is 897 g/mol. The number of rotatable bonds is 51. The second-order valence-corrected chi connectivity index (χ2v) is 19.1. The number of hydrogen-bond donors (Lipinski definition) is 4. The number of amides is 1. The Bertz CT molecular complexity index is 1080. The predicted molar refractivity (Wildman–Crippen MR) is 282 cm³/mol. The molecule has 0 saturated carbocycles. The molecule has 4 N–H and O–H groups in total. The monoisotopic (exact) mass is 896 g/mol. The Balaban J connectivity index is 3.65. The zero-order valence-corrected chi connectivity index (χ0v) is 42.7. The van der Waals surface area contributed by atoms with Gasteiger partial charge in [0.2, 0.25) is 5.91 Å². The molecule has 0 aromatic heterocycles. The minimum atomic E-state index is -1.11. The Labute approximate surface area is 399 Å². The van der Waals surface area contributed by atoms with E-state index in [9.17, 15) is 20.1 Å². The van der Waals surface area contributed by atoms with Crippen LogP contribution < -0.4 is 5.32 Å². The molecular weight excluding hydrogens is 787 g/mol. The van der Waals surface area contributed by atoms with E-state index in [0.717, 1.165) is 51.4 Å². The summed E-state index contributed by atoms with van der Waals surface area (Å²) in [5.74, 6) is -0.517. The fraction of sp³-hybridized carbons (Fsp3) is 0.814. The standard InChI is InChI=1S/C59H109NO4/c1-3-5-7-9-11-13-15-17-19-21-23-25-27-28-29-30-31-32-34-36-38-40-42-44-46-48-50-52-54-58(63)59(64)60-56(55-61)57(62)53-51-49-47-45-43-41-39-37-35-33-26-24-22-20-18-16-14-12-10-8-6-4-2/h23,25,28-29,35,37,43,45,51,53,56-58,61-63H,3-22,24,26-27,30-34,36,38-42,44,46-50,52,54-55H2,1-2H3,(H,60,64)/b25-23-,29-28-,37-35+,45-43+,53-51+. The summed E-state index contributed by atoms with van der Waals surface area (Å²) in [4.78, 5) is 12.5. The SMILES string of the molecule is CCCCCCCCCCC/C=C\C/C=C\CCCCCCCCCCCCCCC(O)C(=O)NC(CO)C(O)/C=C/CC/C=C/CC/C=C/CCCCCCCCCCCCCC. The van der Waals surface area contributed by atoms with Gasteiger partial charge in [0.15, 0.2) is 0 Å². The lowest BCUT2D eigenvalue weighted by Crippen LogP contribution is -2.48. The van der Waals surface area contributed by atoms with E-state index in [1.807, 2.05) is 6.08 Å². The zero-order chi connectivity index (χ0) is 46.5. The van der Waals surface area contributed by atoms with Gasteiger partial charge in [-0.3, -0.25) is 4.79 Å². The second-order valence-electron chi connectivity index (χ2n) is 19.1. The van der Waals surface area contributed by atoms with Crippen molar-refractivity contribution in [1.82, 2.24) is 5.32 Å². The van der Waals surface area contributed by atoms with Crippen LogP contribution in [0, 0.1) is 0 Å². The lowest BCUT2D eigenvalue weighted by Gasteiger charge is -2.21.